The highest BCUT2D eigenvalue weighted by Gasteiger charge is 2.50. The molecule has 10 atom stereocenters. The fourth-order valence-corrected chi connectivity index (χ4v) is 6.11. The van der Waals surface area contributed by atoms with Gasteiger partial charge in [-0.05, 0) is 6.42 Å². The van der Waals surface area contributed by atoms with Crippen molar-refractivity contribution in [1.82, 2.24) is 4.72 Å². The summed E-state index contributed by atoms with van der Waals surface area (Å²) in [7, 11) is -14.8. The maximum Gasteiger partial charge on any atom is 0.333 e. The average molecular weight is 661 g/mol. The van der Waals surface area contributed by atoms with E-state index >= 15 is 0 Å². The summed E-state index contributed by atoms with van der Waals surface area (Å²) in [4.78, 5) is 11.7. The molecule has 4 N–H and O–H groups in total. The van der Waals surface area contributed by atoms with E-state index < -0.39 is 124 Å². The number of carboxylic acids is 1. The Bertz CT molecular complexity index is 1190. The SMILES string of the molecule is CC[C@@H]1C(C(=O)O)O[C@H](COC[C@@H]2C(COS(=O)(=O)[O-])O[C@H](COC)C(NS(=O)(=O)[O-])[C@@H]2O)C(OS(=O)(=O)[O-])[C@@H]1O. The molecule has 0 aromatic heterocycles. The molecule has 2 aliphatic heterocycles. The Morgan fingerprint density at radius 2 is 1.49 bits per heavy atom. The number of carbonyl (C=O) groups is 1. The summed E-state index contributed by atoms with van der Waals surface area (Å²) in [6.07, 6.45) is -11.9. The van der Waals surface area contributed by atoms with Gasteiger partial charge in [0.1, 0.15) is 18.3 Å². The molecule has 2 rings (SSSR count). The third-order valence-corrected chi connectivity index (χ3v) is 7.85. The predicted molar refractivity (Wildman–Crippen MR) is 124 cm³/mol. The largest absolute Gasteiger partial charge is 0.735 e. The Labute approximate surface area is 235 Å². The zero-order chi connectivity index (χ0) is 31.3. The smallest absolute Gasteiger partial charge is 0.333 e. The second-order valence-electron chi connectivity index (χ2n) is 9.12. The molecule has 0 spiro atoms. The lowest BCUT2D eigenvalue weighted by Crippen LogP contribution is -2.64. The summed E-state index contributed by atoms with van der Waals surface area (Å²) < 4.78 is 132. The van der Waals surface area contributed by atoms with Gasteiger partial charge in [0.25, 0.3) is 0 Å². The molecule has 20 nitrogen and oxygen atoms in total. The van der Waals surface area contributed by atoms with Crippen molar-refractivity contribution in [3.63, 3.8) is 0 Å². The number of aliphatic hydroxyl groups excluding tert-OH is 2. The summed E-state index contributed by atoms with van der Waals surface area (Å²) >= 11 is 0. The first kappa shape index (κ1) is 36.0. The van der Waals surface area contributed by atoms with E-state index in [-0.39, 0.29) is 6.42 Å². The molecule has 23 heteroatoms. The van der Waals surface area contributed by atoms with E-state index in [4.69, 9.17) is 18.9 Å². The van der Waals surface area contributed by atoms with Crippen LogP contribution in [-0.2, 0) is 63.2 Å². The van der Waals surface area contributed by atoms with Crippen LogP contribution in [0.15, 0.2) is 0 Å². The summed E-state index contributed by atoms with van der Waals surface area (Å²) in [5.74, 6) is -4.19. The number of nitrogens with one attached hydrogen (secondary N) is 1. The van der Waals surface area contributed by atoms with Gasteiger partial charge in [-0.2, -0.15) is 0 Å². The highest BCUT2D eigenvalue weighted by Crippen LogP contribution is 2.33. The monoisotopic (exact) mass is 660 g/mol. The van der Waals surface area contributed by atoms with Crippen molar-refractivity contribution in [2.75, 3.05) is 33.5 Å². The van der Waals surface area contributed by atoms with Crippen LogP contribution in [0.1, 0.15) is 13.3 Å². The van der Waals surface area contributed by atoms with Gasteiger partial charge in [-0.25, -0.2) is 34.8 Å². The molecular formula is C18H30NO19S3-3. The molecule has 2 aliphatic rings. The van der Waals surface area contributed by atoms with Crippen LogP contribution in [-0.4, -0.2) is 143 Å². The van der Waals surface area contributed by atoms with E-state index in [1.54, 1.807) is 4.72 Å². The molecule has 2 heterocycles. The van der Waals surface area contributed by atoms with Crippen LogP contribution < -0.4 is 4.72 Å². The topological polar surface area (TPSA) is 317 Å². The Hall–Kier alpha value is -1.16. The number of carboxylic acid groups (broad SMARTS) is 1. The third kappa shape index (κ3) is 10.8. The molecule has 0 amide bonds. The molecule has 0 aromatic rings. The number of ether oxygens (including phenoxy) is 4. The van der Waals surface area contributed by atoms with Crippen molar-refractivity contribution in [2.45, 2.75) is 62.1 Å². The van der Waals surface area contributed by atoms with Crippen molar-refractivity contribution in [2.24, 2.45) is 11.8 Å². The normalized spacial score (nSPS) is 35.3. The van der Waals surface area contributed by atoms with E-state index in [9.17, 15) is 59.0 Å². The Morgan fingerprint density at radius 3 is 1.98 bits per heavy atom. The van der Waals surface area contributed by atoms with Gasteiger partial charge in [0.2, 0.25) is 20.8 Å². The Kier molecular flexibility index (Phi) is 12.8. The molecule has 0 bridgehead atoms. The van der Waals surface area contributed by atoms with Crippen molar-refractivity contribution < 1.29 is 86.3 Å². The predicted octanol–water partition coefficient (Wildman–Crippen LogP) is -4.63. The number of methoxy groups -OCH3 is 1. The van der Waals surface area contributed by atoms with E-state index in [0.717, 1.165) is 7.11 Å². The van der Waals surface area contributed by atoms with Crippen LogP contribution in [0.2, 0.25) is 0 Å². The molecule has 41 heavy (non-hydrogen) atoms. The molecule has 2 fully saturated rings. The number of hydrogen-bond donors (Lipinski definition) is 4. The van der Waals surface area contributed by atoms with Crippen molar-refractivity contribution in [1.29, 1.82) is 0 Å². The minimum absolute atomic E-state index is 0.0277. The molecule has 2 saturated heterocycles. The molecule has 0 aliphatic carbocycles. The molecule has 0 aromatic carbocycles. The fourth-order valence-electron chi connectivity index (χ4n) is 4.67. The van der Waals surface area contributed by atoms with Crippen LogP contribution >= 0.6 is 0 Å². The van der Waals surface area contributed by atoms with Gasteiger partial charge >= 0.3 is 5.97 Å². The maximum absolute atomic E-state index is 11.7. The van der Waals surface area contributed by atoms with E-state index in [2.05, 4.69) is 8.37 Å². The van der Waals surface area contributed by atoms with E-state index in [0.29, 0.717) is 0 Å². The standard InChI is InChI=1S/C18H33NO19S3/c1-3-8-15(21)17(38-41(30,31)32)12(37-16(8)18(22)23)6-34-4-9-10(7-35-40(27,28)29)36-11(5-33-2)13(14(9)20)19-39(24,25)26/h8-17,19-21H,3-7H2,1-2H3,(H,22,23)(H,24,25,26)(H,27,28,29)(H,30,31,32)/p-3/t8-,9+,10?,11+,12+,13?,14+,15+,16?,17?/m0/s1. The number of hydrogen-bond acceptors (Lipinski definition) is 18. The first-order valence-electron chi connectivity index (χ1n) is 11.7. The minimum Gasteiger partial charge on any atom is -0.735 e. The Morgan fingerprint density at radius 1 is 0.854 bits per heavy atom. The first-order chi connectivity index (χ1) is 18.8. The summed E-state index contributed by atoms with van der Waals surface area (Å²) in [6.45, 7) is -1.50. The number of rotatable bonds is 15. The van der Waals surface area contributed by atoms with Crippen LogP contribution in [0.3, 0.4) is 0 Å². The van der Waals surface area contributed by atoms with Gasteiger partial charge in [-0.1, -0.05) is 6.92 Å². The molecular weight excluding hydrogens is 630 g/mol. The number of aliphatic hydroxyl groups is 2. The summed E-state index contributed by atoms with van der Waals surface area (Å²) in [5, 5.41) is 31.0. The zero-order valence-electron chi connectivity index (χ0n) is 21.4. The summed E-state index contributed by atoms with van der Waals surface area (Å²) in [5.41, 5.74) is 0. The lowest BCUT2D eigenvalue weighted by Gasteiger charge is -2.45. The van der Waals surface area contributed by atoms with Gasteiger partial charge in [0.05, 0.1) is 50.8 Å². The Balaban J connectivity index is 2.31. The van der Waals surface area contributed by atoms with Crippen molar-refractivity contribution >= 4 is 37.1 Å². The third-order valence-electron chi connectivity index (χ3n) is 6.41. The average Bonchev–Trinajstić information content (AvgIpc) is 2.81. The minimum atomic E-state index is -5.44. The molecule has 242 valence electrons. The second-order valence-corrected chi connectivity index (χ2v) is 12.3. The van der Waals surface area contributed by atoms with Crippen LogP contribution in [0.5, 0.6) is 0 Å². The lowest BCUT2D eigenvalue weighted by atomic mass is 9.84. The van der Waals surface area contributed by atoms with Gasteiger partial charge < -0.3 is 47.9 Å². The number of aliphatic carboxylic acids is 1. The van der Waals surface area contributed by atoms with E-state index in [1.807, 2.05) is 0 Å². The van der Waals surface area contributed by atoms with Crippen LogP contribution in [0.25, 0.3) is 0 Å². The highest BCUT2D eigenvalue weighted by molar-refractivity contribution is 7.83. The molecule has 0 saturated carbocycles. The quantitative estimate of drug-likeness (QED) is 0.0947. The summed E-state index contributed by atoms with van der Waals surface area (Å²) in [6, 6.07) is -1.68. The fraction of sp³-hybridized carbons (Fsp3) is 0.944. The highest BCUT2D eigenvalue weighted by atomic mass is 32.3. The van der Waals surface area contributed by atoms with Gasteiger partial charge in [0.15, 0.2) is 16.4 Å². The van der Waals surface area contributed by atoms with Crippen LogP contribution in [0, 0.1) is 11.8 Å². The van der Waals surface area contributed by atoms with Crippen molar-refractivity contribution in [3.05, 3.63) is 0 Å². The van der Waals surface area contributed by atoms with Gasteiger partial charge in [-0.3, -0.25) is 8.37 Å². The molecule has 4 unspecified atom stereocenters. The maximum atomic E-state index is 11.7. The lowest BCUT2D eigenvalue weighted by molar-refractivity contribution is -0.222. The van der Waals surface area contributed by atoms with Gasteiger partial charge in [0, 0.05) is 18.9 Å². The zero-order valence-corrected chi connectivity index (χ0v) is 23.9. The van der Waals surface area contributed by atoms with E-state index in [1.165, 1.54) is 6.92 Å². The van der Waals surface area contributed by atoms with Crippen LogP contribution in [0.4, 0.5) is 0 Å². The van der Waals surface area contributed by atoms with Crippen molar-refractivity contribution in [3.8, 4) is 0 Å². The first-order valence-corrected chi connectivity index (χ1v) is 15.8. The van der Waals surface area contributed by atoms with Gasteiger partial charge in [-0.15, -0.1) is 0 Å². The molecule has 0 radical (unpaired) electrons. The second kappa shape index (κ2) is 14.5.